The minimum absolute atomic E-state index is 0.0913. The molecule has 0 spiro atoms. The highest BCUT2D eigenvalue weighted by Gasteiger charge is 2.39. The number of carbonyl (C=O) groups excluding carboxylic acids is 2. The van der Waals surface area contributed by atoms with Crippen LogP contribution in [0.15, 0.2) is 71.6 Å². The number of ketones is 1. The minimum atomic E-state index is -1.07. The lowest BCUT2D eigenvalue weighted by molar-refractivity contribution is -0.125. The fourth-order valence-electron chi connectivity index (χ4n) is 4.32. The molecule has 2 unspecified atom stereocenters. The van der Waals surface area contributed by atoms with E-state index >= 15 is 0 Å². The number of amides is 1. The molecule has 0 bridgehead atoms. The summed E-state index contributed by atoms with van der Waals surface area (Å²) < 4.78 is 2.11. The molecule has 39 heavy (non-hydrogen) atoms. The van der Waals surface area contributed by atoms with Crippen LogP contribution in [-0.2, 0) is 9.59 Å². The number of carboxylic acid groups (broad SMARTS) is 1. The van der Waals surface area contributed by atoms with Gasteiger partial charge in [0.1, 0.15) is 12.1 Å². The monoisotopic (exact) mass is 607 g/mol. The van der Waals surface area contributed by atoms with Crippen molar-refractivity contribution in [2.45, 2.75) is 5.92 Å². The highest BCUT2D eigenvalue weighted by molar-refractivity contribution is 9.10. The van der Waals surface area contributed by atoms with Crippen molar-refractivity contribution in [3.8, 4) is 5.69 Å². The molecule has 0 radical (unpaired) electrons. The molecule has 0 saturated heterocycles. The molecule has 5 rings (SSSR count). The number of aromatic nitrogens is 5. The number of nitrogens with zero attached hydrogens (tertiary/aromatic N) is 5. The van der Waals surface area contributed by atoms with Crippen molar-refractivity contribution in [1.82, 2.24) is 25.2 Å². The maximum absolute atomic E-state index is 13.6. The first kappa shape index (κ1) is 26.2. The number of aromatic carboxylic acids is 1. The van der Waals surface area contributed by atoms with Gasteiger partial charge in [-0.15, -0.1) is 5.10 Å². The van der Waals surface area contributed by atoms with Gasteiger partial charge in [-0.3, -0.25) is 9.59 Å². The van der Waals surface area contributed by atoms with E-state index in [9.17, 15) is 14.4 Å². The predicted octanol–water partition coefficient (Wildman–Crippen LogP) is 4.22. The van der Waals surface area contributed by atoms with Gasteiger partial charge in [0.2, 0.25) is 5.91 Å². The van der Waals surface area contributed by atoms with E-state index in [1.807, 2.05) is 0 Å². The lowest BCUT2D eigenvalue weighted by Crippen LogP contribution is -2.39. The van der Waals surface area contributed by atoms with Crippen molar-refractivity contribution in [2.24, 2.45) is 5.92 Å². The number of tetrazole rings is 1. The maximum atomic E-state index is 13.6. The molecule has 11 nitrogen and oxygen atoms in total. The van der Waals surface area contributed by atoms with Gasteiger partial charge < -0.3 is 15.7 Å². The number of carboxylic acids is 1. The van der Waals surface area contributed by atoms with Gasteiger partial charge in [-0.05, 0) is 87.0 Å². The first-order valence-electron chi connectivity index (χ1n) is 11.6. The topological polar surface area (TPSA) is 152 Å². The molecule has 1 aliphatic rings. The molecule has 3 heterocycles. The number of hydrogen-bond donors (Lipinski definition) is 3. The molecule has 0 saturated carbocycles. The Hall–Kier alpha value is -4.42. The molecular weight excluding hydrogens is 590 g/mol. The number of halogens is 2. The smallest absolute Gasteiger partial charge is 0.335 e. The van der Waals surface area contributed by atoms with Crippen LogP contribution in [0.4, 0.5) is 11.5 Å². The van der Waals surface area contributed by atoms with E-state index < -0.39 is 23.7 Å². The van der Waals surface area contributed by atoms with Crippen molar-refractivity contribution >= 4 is 62.8 Å². The van der Waals surface area contributed by atoms with Crippen LogP contribution in [-0.4, -0.2) is 54.5 Å². The van der Waals surface area contributed by atoms with Crippen molar-refractivity contribution in [1.29, 1.82) is 0 Å². The third-order valence-corrected chi connectivity index (χ3v) is 6.84. The number of allylic oxidation sites excluding steroid dienone is 1. The van der Waals surface area contributed by atoms with E-state index in [0.717, 1.165) is 0 Å². The molecule has 0 aliphatic carbocycles. The normalized spacial score (nSPS) is 16.4. The van der Waals surface area contributed by atoms with E-state index in [2.05, 4.69) is 47.1 Å². The third-order valence-electron chi connectivity index (χ3n) is 6.17. The predicted molar refractivity (Wildman–Crippen MR) is 147 cm³/mol. The van der Waals surface area contributed by atoms with Crippen LogP contribution < -0.4 is 10.6 Å². The Morgan fingerprint density at radius 3 is 2.67 bits per heavy atom. The summed E-state index contributed by atoms with van der Waals surface area (Å²) in [5, 5.41) is 26.8. The second-order valence-electron chi connectivity index (χ2n) is 8.62. The minimum Gasteiger partial charge on any atom is -0.478 e. The Bertz CT molecular complexity index is 1590. The molecule has 1 aliphatic heterocycles. The molecule has 13 heteroatoms. The zero-order valence-corrected chi connectivity index (χ0v) is 22.3. The van der Waals surface area contributed by atoms with Gasteiger partial charge in [-0.1, -0.05) is 11.6 Å². The van der Waals surface area contributed by atoms with Gasteiger partial charge in [0.25, 0.3) is 0 Å². The highest BCUT2D eigenvalue weighted by Crippen LogP contribution is 2.37. The zero-order valence-electron chi connectivity index (χ0n) is 20.0. The Labute approximate surface area is 235 Å². The van der Waals surface area contributed by atoms with Crippen LogP contribution in [0.1, 0.15) is 27.4 Å². The Kier molecular flexibility index (Phi) is 7.48. The number of fused-ring (bicyclic) bond motifs is 1. The number of hydrogen-bond acceptors (Lipinski definition) is 8. The lowest BCUT2D eigenvalue weighted by atomic mass is 9.80. The standard InChI is InChI=1S/C26H19BrClN7O4/c27-16-10-19-23(25(37)32-18-5-1-14(2-6-18)26(38)39)20(12-30-24(19)29-11-16)22(36)8-3-15-9-17(28)4-7-21(15)35-13-31-33-34-35/h1-11,13,20,23H,12H2,(H,29,30)(H,32,37)(H,38,39). The molecule has 2 aromatic heterocycles. The SMILES string of the molecule is O=C(O)c1ccc(NC(=O)C2c3cc(Br)cnc3NCC2C(=O)C=Cc2cc(Cl)ccc2-n2cnnn2)cc1. The zero-order chi connectivity index (χ0) is 27.5. The molecule has 2 atom stereocenters. The Morgan fingerprint density at radius 1 is 1.15 bits per heavy atom. The third kappa shape index (κ3) is 5.71. The number of rotatable bonds is 7. The van der Waals surface area contributed by atoms with Crippen LogP contribution in [0, 0.1) is 5.92 Å². The number of pyridine rings is 1. The summed E-state index contributed by atoms with van der Waals surface area (Å²) in [4.78, 5) is 42.7. The number of carbonyl (C=O) groups is 3. The number of nitrogens with one attached hydrogen (secondary N) is 2. The lowest BCUT2D eigenvalue weighted by Gasteiger charge is -2.31. The van der Waals surface area contributed by atoms with E-state index in [4.69, 9.17) is 16.7 Å². The van der Waals surface area contributed by atoms with Crippen molar-refractivity contribution in [2.75, 3.05) is 17.2 Å². The van der Waals surface area contributed by atoms with Crippen LogP contribution in [0.25, 0.3) is 11.8 Å². The molecule has 3 N–H and O–H groups in total. The quantitative estimate of drug-likeness (QED) is 0.262. The summed E-state index contributed by atoms with van der Waals surface area (Å²) in [7, 11) is 0. The van der Waals surface area contributed by atoms with Crippen LogP contribution >= 0.6 is 27.5 Å². The largest absolute Gasteiger partial charge is 0.478 e. The molecule has 4 aromatic rings. The van der Waals surface area contributed by atoms with Crippen molar-refractivity contribution < 1.29 is 19.5 Å². The first-order valence-corrected chi connectivity index (χ1v) is 12.8. The second kappa shape index (κ2) is 11.1. The molecule has 1 amide bonds. The fourth-order valence-corrected chi connectivity index (χ4v) is 4.85. The van der Waals surface area contributed by atoms with Gasteiger partial charge in [0.15, 0.2) is 5.78 Å². The van der Waals surface area contributed by atoms with Crippen molar-refractivity contribution in [3.63, 3.8) is 0 Å². The van der Waals surface area contributed by atoms with Crippen LogP contribution in [0.5, 0.6) is 0 Å². The Morgan fingerprint density at radius 2 is 1.95 bits per heavy atom. The van der Waals surface area contributed by atoms with Crippen LogP contribution in [0.2, 0.25) is 5.02 Å². The summed E-state index contributed by atoms with van der Waals surface area (Å²) in [6.07, 6.45) is 6.05. The summed E-state index contributed by atoms with van der Waals surface area (Å²) in [5.74, 6) is -2.93. The van der Waals surface area contributed by atoms with E-state index in [1.54, 1.807) is 36.5 Å². The van der Waals surface area contributed by atoms with Gasteiger partial charge >= 0.3 is 5.97 Å². The molecule has 2 aromatic carbocycles. The van der Waals surface area contributed by atoms with Crippen LogP contribution in [0.3, 0.4) is 0 Å². The van der Waals surface area contributed by atoms with Gasteiger partial charge in [-0.2, -0.15) is 4.68 Å². The summed E-state index contributed by atoms with van der Waals surface area (Å²) >= 11 is 9.60. The summed E-state index contributed by atoms with van der Waals surface area (Å²) in [5.41, 5.74) is 2.27. The second-order valence-corrected chi connectivity index (χ2v) is 9.97. The van der Waals surface area contributed by atoms with E-state index in [-0.39, 0.29) is 17.9 Å². The summed E-state index contributed by atoms with van der Waals surface area (Å²) in [6, 6.07) is 12.6. The van der Waals surface area contributed by atoms with E-state index in [0.29, 0.717) is 37.8 Å². The average molecular weight is 609 g/mol. The van der Waals surface area contributed by atoms with Gasteiger partial charge in [0.05, 0.1) is 23.1 Å². The highest BCUT2D eigenvalue weighted by atomic mass is 79.9. The number of anilines is 2. The van der Waals surface area contributed by atoms with Gasteiger partial charge in [-0.25, -0.2) is 9.78 Å². The molecular formula is C26H19BrClN7O4. The molecule has 196 valence electrons. The van der Waals surface area contributed by atoms with E-state index in [1.165, 1.54) is 41.4 Å². The summed E-state index contributed by atoms with van der Waals surface area (Å²) in [6.45, 7) is 0.177. The molecule has 0 fully saturated rings. The fraction of sp³-hybridized carbons (Fsp3) is 0.115. The maximum Gasteiger partial charge on any atom is 0.335 e. The average Bonchev–Trinajstić information content (AvgIpc) is 3.46. The van der Waals surface area contributed by atoms with Crippen molar-refractivity contribution in [3.05, 3.63) is 93.3 Å². The first-order chi connectivity index (χ1) is 18.8. The Balaban J connectivity index is 1.45. The number of benzene rings is 2. The van der Waals surface area contributed by atoms with Gasteiger partial charge in [0, 0.05) is 39.1 Å².